The first-order chi connectivity index (χ1) is 18.3. The van der Waals surface area contributed by atoms with E-state index in [1.807, 2.05) is 20.8 Å². The number of aldehydes is 1. The highest BCUT2D eigenvalue weighted by molar-refractivity contribution is 5.89. The van der Waals surface area contributed by atoms with E-state index in [1.54, 1.807) is 0 Å². The number of esters is 3. The molecule has 0 aromatic heterocycles. The lowest BCUT2D eigenvalue weighted by molar-refractivity contribution is -0.139. The van der Waals surface area contributed by atoms with Gasteiger partial charge >= 0.3 is 17.9 Å². The summed E-state index contributed by atoms with van der Waals surface area (Å²) in [7, 11) is 0. The van der Waals surface area contributed by atoms with Crippen LogP contribution in [-0.2, 0) is 14.4 Å². The van der Waals surface area contributed by atoms with Crippen LogP contribution >= 0.6 is 0 Å². The van der Waals surface area contributed by atoms with Crippen LogP contribution < -0.4 is 14.2 Å². The van der Waals surface area contributed by atoms with Crippen LogP contribution in [0, 0.1) is 17.8 Å². The zero-order valence-corrected chi connectivity index (χ0v) is 24.3. The van der Waals surface area contributed by atoms with Crippen LogP contribution in [0.4, 0.5) is 0 Å². The zero-order chi connectivity index (χ0) is 28.5. The van der Waals surface area contributed by atoms with Crippen LogP contribution in [0.5, 0.6) is 17.2 Å². The molecule has 3 unspecified atom stereocenters. The monoisotopic (exact) mass is 532 g/mol. The summed E-state index contributed by atoms with van der Waals surface area (Å²) in [6, 6.07) is 2.73. The zero-order valence-electron chi connectivity index (χ0n) is 24.3. The average molecular weight is 533 g/mol. The van der Waals surface area contributed by atoms with Gasteiger partial charge in [0.1, 0.15) is 22.8 Å². The molecule has 0 amide bonds. The van der Waals surface area contributed by atoms with Gasteiger partial charge in [0, 0.05) is 12.1 Å². The number of benzene rings is 1. The summed E-state index contributed by atoms with van der Waals surface area (Å²) in [5, 5.41) is 0. The van der Waals surface area contributed by atoms with E-state index in [0.717, 1.165) is 38.5 Å². The summed E-state index contributed by atoms with van der Waals surface area (Å²) in [5.74, 6) is -2.35. The maximum Gasteiger partial charge on any atom is 0.314 e. The van der Waals surface area contributed by atoms with Crippen molar-refractivity contribution in [2.75, 3.05) is 0 Å². The predicted molar refractivity (Wildman–Crippen MR) is 149 cm³/mol. The number of unbranched alkanes of at least 4 members (excludes halogenated alkanes) is 3. The Hall–Kier alpha value is -2.70. The topological polar surface area (TPSA) is 96.0 Å². The van der Waals surface area contributed by atoms with Gasteiger partial charge in [-0.2, -0.15) is 0 Å². The number of hydrogen-bond acceptors (Lipinski definition) is 7. The number of hydrogen-bond donors (Lipinski definition) is 0. The van der Waals surface area contributed by atoms with E-state index in [2.05, 4.69) is 20.8 Å². The van der Waals surface area contributed by atoms with Crippen molar-refractivity contribution >= 4 is 24.2 Å². The highest BCUT2D eigenvalue weighted by Gasteiger charge is 2.26. The molecular formula is C31H48O7. The van der Waals surface area contributed by atoms with Crippen molar-refractivity contribution in [3.8, 4) is 17.2 Å². The van der Waals surface area contributed by atoms with Gasteiger partial charge in [-0.1, -0.05) is 80.1 Å². The van der Waals surface area contributed by atoms with Gasteiger partial charge in [0.2, 0.25) is 0 Å². The Morgan fingerprint density at radius 2 is 0.974 bits per heavy atom. The molecule has 0 heterocycles. The van der Waals surface area contributed by atoms with Gasteiger partial charge in [-0.05, 0) is 38.5 Å². The standard InChI is InChI=1S/C31H48O7/c1-7-13-16-22(10-4)29(33)36-25-19-27(37-30(34)23(11-5)17-14-8-2)26(21-32)28(20-25)38-31(35)24(12-6)18-15-9-3/h19-24H,7-18H2,1-6H3. The second-order valence-electron chi connectivity index (χ2n) is 9.96. The van der Waals surface area contributed by atoms with Crippen molar-refractivity contribution in [1.82, 2.24) is 0 Å². The summed E-state index contributed by atoms with van der Waals surface area (Å²) in [6.45, 7) is 11.9. The third-order valence-corrected chi connectivity index (χ3v) is 7.03. The number of ether oxygens (including phenoxy) is 3. The van der Waals surface area contributed by atoms with E-state index in [0.29, 0.717) is 44.8 Å². The second kappa shape index (κ2) is 18.5. The van der Waals surface area contributed by atoms with Gasteiger partial charge in [0.05, 0.1) is 17.8 Å². The molecule has 214 valence electrons. The fraction of sp³-hybridized carbons (Fsp3) is 0.677. The molecular weight excluding hydrogens is 484 g/mol. The normalized spacial score (nSPS) is 13.3. The van der Waals surface area contributed by atoms with Crippen molar-refractivity contribution < 1.29 is 33.4 Å². The molecule has 0 bridgehead atoms. The molecule has 0 aliphatic rings. The first-order valence-corrected chi connectivity index (χ1v) is 14.6. The Morgan fingerprint density at radius 1 is 0.632 bits per heavy atom. The molecule has 0 spiro atoms. The van der Waals surface area contributed by atoms with E-state index in [4.69, 9.17) is 14.2 Å². The smallest absolute Gasteiger partial charge is 0.314 e. The Balaban J connectivity index is 3.41. The maximum absolute atomic E-state index is 13.0. The molecule has 7 heteroatoms. The Kier molecular flexibility index (Phi) is 16.3. The molecule has 0 fully saturated rings. The molecule has 7 nitrogen and oxygen atoms in total. The van der Waals surface area contributed by atoms with Crippen molar-refractivity contribution in [3.05, 3.63) is 17.7 Å². The Labute approximate surface area is 229 Å². The minimum absolute atomic E-state index is 0.0554. The van der Waals surface area contributed by atoms with Gasteiger partial charge in [0.25, 0.3) is 0 Å². The summed E-state index contributed by atoms with van der Waals surface area (Å²) >= 11 is 0. The second-order valence-corrected chi connectivity index (χ2v) is 9.96. The fourth-order valence-electron chi connectivity index (χ4n) is 4.32. The molecule has 0 aliphatic carbocycles. The molecule has 1 aromatic carbocycles. The van der Waals surface area contributed by atoms with E-state index >= 15 is 0 Å². The lowest BCUT2D eigenvalue weighted by Crippen LogP contribution is -2.23. The largest absolute Gasteiger partial charge is 0.426 e. The van der Waals surface area contributed by atoms with Crippen LogP contribution in [0.15, 0.2) is 12.1 Å². The van der Waals surface area contributed by atoms with Gasteiger partial charge in [-0.3, -0.25) is 19.2 Å². The first-order valence-electron chi connectivity index (χ1n) is 14.6. The SMILES string of the molecule is CCCCC(CC)C(=O)Oc1cc(OC(=O)C(CC)CCCC)c(C=O)c(OC(=O)C(CC)CCCC)c1. The van der Waals surface area contributed by atoms with E-state index < -0.39 is 17.9 Å². The number of rotatable bonds is 19. The van der Waals surface area contributed by atoms with E-state index in [9.17, 15) is 19.2 Å². The van der Waals surface area contributed by atoms with Crippen LogP contribution in [-0.4, -0.2) is 24.2 Å². The van der Waals surface area contributed by atoms with Crippen molar-refractivity contribution in [3.63, 3.8) is 0 Å². The highest BCUT2D eigenvalue weighted by Crippen LogP contribution is 2.35. The average Bonchev–Trinajstić information content (AvgIpc) is 2.90. The van der Waals surface area contributed by atoms with Gasteiger partial charge in [-0.15, -0.1) is 0 Å². The van der Waals surface area contributed by atoms with E-state index in [1.165, 1.54) is 12.1 Å². The quantitative estimate of drug-likeness (QED) is 0.102. The minimum Gasteiger partial charge on any atom is -0.426 e. The summed E-state index contributed by atoms with van der Waals surface area (Å²) in [6.07, 6.45) is 9.87. The third kappa shape index (κ3) is 10.6. The fourth-order valence-corrected chi connectivity index (χ4v) is 4.32. The summed E-state index contributed by atoms with van der Waals surface area (Å²) in [5.41, 5.74) is -0.0554. The van der Waals surface area contributed by atoms with Crippen LogP contribution in [0.3, 0.4) is 0 Å². The van der Waals surface area contributed by atoms with Crippen LogP contribution in [0.1, 0.15) is 129 Å². The van der Waals surface area contributed by atoms with E-state index in [-0.39, 0.29) is 40.6 Å². The van der Waals surface area contributed by atoms with Crippen LogP contribution in [0.2, 0.25) is 0 Å². The molecule has 38 heavy (non-hydrogen) atoms. The number of carbonyl (C=O) groups excluding carboxylic acids is 4. The van der Waals surface area contributed by atoms with Crippen molar-refractivity contribution in [2.24, 2.45) is 17.8 Å². The predicted octanol–water partition coefficient (Wildman–Crippen LogP) is 7.86. The van der Waals surface area contributed by atoms with Crippen LogP contribution in [0.25, 0.3) is 0 Å². The molecule has 1 rings (SSSR count). The molecule has 3 atom stereocenters. The molecule has 0 aliphatic heterocycles. The number of carbonyl (C=O) groups is 4. The van der Waals surface area contributed by atoms with Gasteiger partial charge in [0.15, 0.2) is 6.29 Å². The van der Waals surface area contributed by atoms with Crippen molar-refractivity contribution in [2.45, 2.75) is 119 Å². The minimum atomic E-state index is -0.464. The lowest BCUT2D eigenvalue weighted by Gasteiger charge is -2.19. The summed E-state index contributed by atoms with van der Waals surface area (Å²) in [4.78, 5) is 51.0. The highest BCUT2D eigenvalue weighted by atomic mass is 16.6. The Bertz CT molecular complexity index is 841. The lowest BCUT2D eigenvalue weighted by atomic mass is 9.99. The molecule has 0 saturated heterocycles. The Morgan fingerprint density at radius 3 is 1.26 bits per heavy atom. The van der Waals surface area contributed by atoms with Gasteiger partial charge in [-0.25, -0.2) is 0 Å². The first kappa shape index (κ1) is 33.3. The molecule has 0 radical (unpaired) electrons. The maximum atomic E-state index is 13.0. The molecule has 0 saturated carbocycles. The van der Waals surface area contributed by atoms with Crippen molar-refractivity contribution in [1.29, 1.82) is 0 Å². The third-order valence-electron chi connectivity index (χ3n) is 7.03. The molecule has 0 N–H and O–H groups in total. The van der Waals surface area contributed by atoms with Gasteiger partial charge < -0.3 is 14.2 Å². The molecule has 1 aromatic rings. The summed E-state index contributed by atoms with van der Waals surface area (Å²) < 4.78 is 17.0.